The molecule has 0 unspecified atom stereocenters. The van der Waals surface area contributed by atoms with Crippen molar-refractivity contribution in [3.05, 3.63) is 72.1 Å². The first kappa shape index (κ1) is 22.5. The summed E-state index contributed by atoms with van der Waals surface area (Å²) in [5.74, 6) is 0.634. The molecular formula is C24H25Br2N3OS. The second kappa shape index (κ2) is 8.68. The number of aromatic nitrogens is 1. The van der Waals surface area contributed by atoms with Gasteiger partial charge in [0.1, 0.15) is 5.75 Å². The second-order valence-corrected chi connectivity index (χ2v) is 11.3. The Kier molecular flexibility index (Phi) is 6.30. The van der Waals surface area contributed by atoms with Crippen LogP contribution in [0.4, 0.5) is 5.13 Å². The molecular weight excluding hydrogens is 538 g/mol. The number of nitrogens with one attached hydrogen (secondary N) is 1. The van der Waals surface area contributed by atoms with Crippen molar-refractivity contribution in [2.45, 2.75) is 51.9 Å². The van der Waals surface area contributed by atoms with Crippen molar-refractivity contribution in [2.75, 3.05) is 5.43 Å². The fourth-order valence-electron chi connectivity index (χ4n) is 4.94. The van der Waals surface area contributed by atoms with Crippen molar-refractivity contribution in [3.8, 4) is 5.75 Å². The summed E-state index contributed by atoms with van der Waals surface area (Å²) in [5, 5.41) is 17.3. The molecule has 1 aliphatic rings. The lowest BCUT2D eigenvalue weighted by Gasteiger charge is -2.47. The van der Waals surface area contributed by atoms with Gasteiger partial charge in [-0.2, -0.15) is 5.10 Å². The monoisotopic (exact) mass is 561 g/mol. The van der Waals surface area contributed by atoms with Crippen molar-refractivity contribution >= 4 is 54.5 Å². The first-order valence-electron chi connectivity index (χ1n) is 10.2. The average molecular weight is 563 g/mol. The number of hydrazone groups is 1. The van der Waals surface area contributed by atoms with Crippen LogP contribution in [0.15, 0.2) is 43.7 Å². The Bertz CT molecular complexity index is 1140. The maximum atomic E-state index is 10.1. The minimum atomic E-state index is 0.157. The van der Waals surface area contributed by atoms with Crippen LogP contribution in [0.2, 0.25) is 0 Å². The Morgan fingerprint density at radius 2 is 1.84 bits per heavy atom. The van der Waals surface area contributed by atoms with E-state index in [1.165, 1.54) is 22.3 Å². The zero-order chi connectivity index (χ0) is 22.3. The molecule has 0 aliphatic heterocycles. The molecule has 1 aliphatic carbocycles. The third-order valence-electron chi connectivity index (χ3n) is 6.04. The van der Waals surface area contributed by atoms with Crippen LogP contribution >= 0.6 is 43.2 Å². The summed E-state index contributed by atoms with van der Waals surface area (Å²) in [6.07, 6.45) is 3.82. The van der Waals surface area contributed by atoms with Crippen LogP contribution in [-0.2, 0) is 5.41 Å². The third-order valence-corrected chi connectivity index (χ3v) is 7.86. The highest BCUT2D eigenvalue weighted by atomic mass is 79.9. The number of thiazole rings is 1. The minimum absolute atomic E-state index is 0.157. The predicted octanol–water partition coefficient (Wildman–Crippen LogP) is 7.58. The van der Waals surface area contributed by atoms with Crippen molar-refractivity contribution in [3.63, 3.8) is 0 Å². The Balaban J connectivity index is 1.42. The van der Waals surface area contributed by atoms with Gasteiger partial charge in [0.05, 0.1) is 16.4 Å². The number of phenolic OH excluding ortho intramolecular Hbond substituents is 1. The molecule has 1 heterocycles. The van der Waals surface area contributed by atoms with E-state index >= 15 is 0 Å². The third kappa shape index (κ3) is 4.59. The molecule has 31 heavy (non-hydrogen) atoms. The maximum absolute atomic E-state index is 10.1. The second-order valence-electron chi connectivity index (χ2n) is 8.71. The van der Waals surface area contributed by atoms with Gasteiger partial charge in [0.15, 0.2) is 0 Å². The molecule has 0 saturated heterocycles. The summed E-state index contributed by atoms with van der Waals surface area (Å²) in [6, 6.07) is 8.19. The highest BCUT2D eigenvalue weighted by Crippen LogP contribution is 2.54. The molecule has 2 N–H and O–H groups in total. The summed E-state index contributed by atoms with van der Waals surface area (Å²) in [7, 11) is 0. The summed E-state index contributed by atoms with van der Waals surface area (Å²) >= 11 is 8.32. The minimum Gasteiger partial charge on any atom is -0.506 e. The van der Waals surface area contributed by atoms with Gasteiger partial charge < -0.3 is 5.11 Å². The zero-order valence-electron chi connectivity index (χ0n) is 18.0. The number of rotatable bonds is 5. The number of hydrogen-bond acceptors (Lipinski definition) is 5. The molecule has 0 atom stereocenters. The number of halogens is 2. The van der Waals surface area contributed by atoms with Crippen molar-refractivity contribution in [2.24, 2.45) is 5.10 Å². The van der Waals surface area contributed by atoms with E-state index in [4.69, 9.17) is 4.98 Å². The van der Waals surface area contributed by atoms with Crippen molar-refractivity contribution in [1.82, 2.24) is 4.98 Å². The van der Waals surface area contributed by atoms with Crippen molar-refractivity contribution < 1.29 is 5.11 Å². The van der Waals surface area contributed by atoms with Crippen LogP contribution < -0.4 is 5.43 Å². The lowest BCUT2D eigenvalue weighted by atomic mass is 9.57. The van der Waals surface area contributed by atoms with Gasteiger partial charge in [-0.25, -0.2) is 4.98 Å². The van der Waals surface area contributed by atoms with E-state index in [9.17, 15) is 5.11 Å². The van der Waals surface area contributed by atoms with Crippen LogP contribution in [0.1, 0.15) is 59.2 Å². The Hall–Kier alpha value is -1.70. The van der Waals surface area contributed by atoms with Gasteiger partial charge >= 0.3 is 0 Å². The van der Waals surface area contributed by atoms with Gasteiger partial charge in [0.25, 0.3) is 0 Å². The number of nitrogens with zero attached hydrogens (tertiary/aromatic N) is 2. The quantitative estimate of drug-likeness (QED) is 0.249. The molecule has 1 fully saturated rings. The molecule has 4 nitrogen and oxygen atoms in total. The van der Waals surface area contributed by atoms with Gasteiger partial charge in [-0.05, 0) is 83.8 Å². The molecule has 1 saturated carbocycles. The van der Waals surface area contributed by atoms with Gasteiger partial charge in [-0.1, -0.05) is 40.5 Å². The lowest BCUT2D eigenvalue weighted by molar-refractivity contribution is 0.220. The molecule has 0 bridgehead atoms. The molecule has 1 aromatic heterocycles. The van der Waals surface area contributed by atoms with Crippen LogP contribution in [0.25, 0.3) is 0 Å². The van der Waals surface area contributed by atoms with E-state index < -0.39 is 0 Å². The number of anilines is 1. The molecule has 2 aromatic carbocycles. The highest BCUT2D eigenvalue weighted by Gasteiger charge is 2.44. The summed E-state index contributed by atoms with van der Waals surface area (Å²) in [4.78, 5) is 4.75. The Morgan fingerprint density at radius 1 is 1.16 bits per heavy atom. The zero-order valence-corrected chi connectivity index (χ0v) is 21.9. The normalized spacial score (nSPS) is 20.8. The predicted molar refractivity (Wildman–Crippen MR) is 137 cm³/mol. The summed E-state index contributed by atoms with van der Waals surface area (Å²) in [6.45, 7) is 9.02. The van der Waals surface area contributed by atoms with E-state index in [1.54, 1.807) is 23.6 Å². The van der Waals surface area contributed by atoms with Gasteiger partial charge in [0, 0.05) is 21.3 Å². The standard InChI is InChI=1S/C24H25Br2N3OS/c1-13-5-14(2)21(15(3)6-13)24(4)9-17(10-24)20-12-31-23(28-20)29-27-11-16-7-18(25)8-19(26)22(16)30/h5-8,11-12,17,30H,9-10H2,1-4H3,(H,28,29)/b27-11+. The number of aromatic hydroxyl groups is 1. The molecule has 0 amide bonds. The number of hydrogen-bond donors (Lipinski definition) is 2. The fourth-order valence-corrected chi connectivity index (χ4v) is 6.94. The molecule has 7 heteroatoms. The van der Waals surface area contributed by atoms with Gasteiger partial charge in [-0.3, -0.25) is 5.43 Å². The topological polar surface area (TPSA) is 57.5 Å². The van der Waals surface area contributed by atoms with Crippen molar-refractivity contribution in [1.29, 1.82) is 0 Å². The summed E-state index contributed by atoms with van der Waals surface area (Å²) < 4.78 is 1.48. The molecule has 0 radical (unpaired) electrons. The molecule has 162 valence electrons. The van der Waals surface area contributed by atoms with Gasteiger partial charge in [-0.15, -0.1) is 11.3 Å². The lowest BCUT2D eigenvalue weighted by Crippen LogP contribution is -2.38. The summed E-state index contributed by atoms with van der Waals surface area (Å²) in [5.41, 5.74) is 10.6. The van der Waals surface area contributed by atoms with Crippen LogP contribution in [0, 0.1) is 20.8 Å². The first-order chi connectivity index (χ1) is 14.7. The van der Waals surface area contributed by atoms with E-state index in [0.29, 0.717) is 16.0 Å². The number of aryl methyl sites for hydroxylation is 3. The van der Waals surface area contributed by atoms with Crippen LogP contribution in [0.3, 0.4) is 0 Å². The highest BCUT2D eigenvalue weighted by molar-refractivity contribution is 9.11. The number of phenols is 1. The van der Waals surface area contributed by atoms with E-state index in [2.05, 4.69) is 87.6 Å². The van der Waals surface area contributed by atoms with E-state index in [0.717, 1.165) is 28.1 Å². The molecule has 0 spiro atoms. The van der Waals surface area contributed by atoms with Crippen LogP contribution in [-0.4, -0.2) is 16.3 Å². The maximum Gasteiger partial charge on any atom is 0.203 e. The largest absolute Gasteiger partial charge is 0.506 e. The average Bonchev–Trinajstić information content (AvgIpc) is 3.11. The molecule has 3 aromatic rings. The SMILES string of the molecule is Cc1cc(C)c(C2(C)CC(c3csc(N/N=C/c4cc(Br)cc(Br)c4O)n3)C2)c(C)c1. The number of benzene rings is 2. The fraction of sp³-hybridized carbons (Fsp3) is 0.333. The van der Waals surface area contributed by atoms with Crippen LogP contribution in [0.5, 0.6) is 5.75 Å². The van der Waals surface area contributed by atoms with E-state index in [-0.39, 0.29) is 11.2 Å². The smallest absolute Gasteiger partial charge is 0.203 e. The van der Waals surface area contributed by atoms with E-state index in [1.807, 2.05) is 6.07 Å². The first-order valence-corrected chi connectivity index (χ1v) is 12.6. The van der Waals surface area contributed by atoms with Gasteiger partial charge in [0.2, 0.25) is 5.13 Å². The Labute approximate surface area is 204 Å². The molecule has 4 rings (SSSR count). The Morgan fingerprint density at radius 3 is 2.52 bits per heavy atom.